The molecule has 1 saturated heterocycles. The van der Waals surface area contributed by atoms with Gasteiger partial charge in [-0.3, -0.25) is 9.80 Å². The van der Waals surface area contributed by atoms with Crippen molar-refractivity contribution in [3.63, 3.8) is 0 Å². The van der Waals surface area contributed by atoms with Crippen LogP contribution in [-0.4, -0.2) is 59.0 Å². The molecule has 2 aromatic heterocycles. The minimum Gasteiger partial charge on any atom is -0.372 e. The van der Waals surface area contributed by atoms with Crippen LogP contribution in [0.25, 0.3) is 10.2 Å². The molecule has 114 valence electrons. The topological polar surface area (TPSA) is 44.3 Å². The van der Waals surface area contributed by atoms with E-state index in [1.165, 1.54) is 0 Å². The number of thiophene rings is 1. The monoisotopic (exact) mass is 305 g/mol. The Morgan fingerprint density at radius 2 is 2.00 bits per heavy atom. The maximum atomic E-state index is 4.70. The Bertz CT molecular complexity index is 601. The molecule has 3 heterocycles. The summed E-state index contributed by atoms with van der Waals surface area (Å²) in [5.74, 6) is 1.87. The van der Waals surface area contributed by atoms with Crippen molar-refractivity contribution in [3.05, 3.63) is 17.3 Å². The summed E-state index contributed by atoms with van der Waals surface area (Å²) in [5, 5.41) is 6.38. The summed E-state index contributed by atoms with van der Waals surface area (Å²) in [6.45, 7) is 9.84. The number of nitrogens with one attached hydrogen (secondary N) is 1. The van der Waals surface area contributed by atoms with Gasteiger partial charge in [-0.15, -0.1) is 11.3 Å². The van der Waals surface area contributed by atoms with Crippen LogP contribution in [0.2, 0.25) is 0 Å². The fourth-order valence-corrected chi connectivity index (χ4v) is 3.58. The van der Waals surface area contributed by atoms with Gasteiger partial charge in [-0.25, -0.2) is 9.97 Å². The highest BCUT2D eigenvalue weighted by atomic mass is 32.1. The van der Waals surface area contributed by atoms with Gasteiger partial charge >= 0.3 is 0 Å². The summed E-state index contributed by atoms with van der Waals surface area (Å²) < 4.78 is 0. The first-order valence-corrected chi connectivity index (χ1v) is 8.43. The van der Waals surface area contributed by atoms with Gasteiger partial charge in [0.1, 0.15) is 16.5 Å². The van der Waals surface area contributed by atoms with E-state index in [1.54, 1.807) is 11.3 Å². The van der Waals surface area contributed by atoms with Crippen LogP contribution in [0.4, 0.5) is 5.82 Å². The predicted molar refractivity (Wildman–Crippen MR) is 88.9 cm³/mol. The molecular formula is C15H23N5S. The first kappa shape index (κ1) is 14.7. The second-order valence-corrected chi connectivity index (χ2v) is 6.68. The molecule has 6 heteroatoms. The zero-order valence-corrected chi connectivity index (χ0v) is 13.8. The molecule has 0 amide bonds. The lowest BCUT2D eigenvalue weighted by Gasteiger charge is -2.36. The SMILES string of the molecule is CNc1nc(CN2CCN(C(C)C)CC2)nc2sccc12. The highest BCUT2D eigenvalue weighted by Gasteiger charge is 2.20. The average molecular weight is 305 g/mol. The van der Waals surface area contributed by atoms with Crippen LogP contribution in [0.5, 0.6) is 0 Å². The summed E-state index contributed by atoms with van der Waals surface area (Å²) in [5.41, 5.74) is 0. The van der Waals surface area contributed by atoms with Crippen molar-refractivity contribution in [2.24, 2.45) is 0 Å². The largest absolute Gasteiger partial charge is 0.372 e. The summed E-state index contributed by atoms with van der Waals surface area (Å²) in [6.07, 6.45) is 0. The number of nitrogens with zero attached hydrogens (tertiary/aromatic N) is 4. The lowest BCUT2D eigenvalue weighted by atomic mass is 10.2. The molecule has 0 aliphatic carbocycles. The summed E-state index contributed by atoms with van der Waals surface area (Å²) in [4.78, 5) is 15.4. The van der Waals surface area contributed by atoms with Crippen LogP contribution >= 0.6 is 11.3 Å². The molecule has 0 aromatic carbocycles. The lowest BCUT2D eigenvalue weighted by Crippen LogP contribution is -2.48. The Hall–Kier alpha value is -1.24. The molecule has 0 unspecified atom stereocenters. The second-order valence-electron chi connectivity index (χ2n) is 5.78. The van der Waals surface area contributed by atoms with E-state index in [-0.39, 0.29) is 0 Å². The van der Waals surface area contributed by atoms with E-state index < -0.39 is 0 Å². The first-order chi connectivity index (χ1) is 10.2. The number of fused-ring (bicyclic) bond motifs is 1. The fourth-order valence-electron chi connectivity index (χ4n) is 2.80. The van der Waals surface area contributed by atoms with Crippen molar-refractivity contribution in [2.45, 2.75) is 26.4 Å². The van der Waals surface area contributed by atoms with E-state index in [2.05, 4.69) is 45.4 Å². The molecule has 1 N–H and O–H groups in total. The Morgan fingerprint density at radius 1 is 1.24 bits per heavy atom. The molecule has 0 saturated carbocycles. The number of hydrogen-bond donors (Lipinski definition) is 1. The summed E-state index contributed by atoms with van der Waals surface area (Å²) in [7, 11) is 1.92. The Kier molecular flexibility index (Phi) is 4.37. The molecular weight excluding hydrogens is 282 g/mol. The predicted octanol–water partition coefficient (Wildman–Crippen LogP) is 2.26. The Labute approximate surface area is 130 Å². The number of aromatic nitrogens is 2. The van der Waals surface area contributed by atoms with Crippen molar-refractivity contribution < 1.29 is 0 Å². The maximum Gasteiger partial charge on any atom is 0.146 e. The molecule has 0 spiro atoms. The van der Waals surface area contributed by atoms with Crippen molar-refractivity contribution in [1.82, 2.24) is 19.8 Å². The van der Waals surface area contributed by atoms with Gasteiger partial charge in [-0.1, -0.05) is 0 Å². The molecule has 21 heavy (non-hydrogen) atoms. The molecule has 5 nitrogen and oxygen atoms in total. The van der Waals surface area contributed by atoms with Crippen LogP contribution in [0.15, 0.2) is 11.4 Å². The highest BCUT2D eigenvalue weighted by molar-refractivity contribution is 7.16. The fraction of sp³-hybridized carbons (Fsp3) is 0.600. The highest BCUT2D eigenvalue weighted by Crippen LogP contribution is 2.25. The van der Waals surface area contributed by atoms with E-state index in [0.717, 1.165) is 54.6 Å². The Morgan fingerprint density at radius 3 is 2.67 bits per heavy atom. The van der Waals surface area contributed by atoms with Gasteiger partial charge in [0.15, 0.2) is 0 Å². The van der Waals surface area contributed by atoms with Gasteiger partial charge < -0.3 is 5.32 Å². The van der Waals surface area contributed by atoms with Crippen molar-refractivity contribution in [3.8, 4) is 0 Å². The number of piperazine rings is 1. The summed E-state index contributed by atoms with van der Waals surface area (Å²) in [6, 6.07) is 2.72. The molecule has 1 aliphatic heterocycles. The molecule has 1 fully saturated rings. The quantitative estimate of drug-likeness (QED) is 0.938. The van der Waals surface area contributed by atoms with Crippen molar-refractivity contribution in [2.75, 3.05) is 38.5 Å². The van der Waals surface area contributed by atoms with E-state index in [0.29, 0.717) is 6.04 Å². The van der Waals surface area contributed by atoms with Gasteiger partial charge in [-0.2, -0.15) is 0 Å². The zero-order chi connectivity index (χ0) is 14.8. The zero-order valence-electron chi connectivity index (χ0n) is 13.0. The van der Waals surface area contributed by atoms with Crippen LogP contribution < -0.4 is 5.32 Å². The minimum absolute atomic E-state index is 0.641. The van der Waals surface area contributed by atoms with Crippen LogP contribution in [0, 0.1) is 0 Å². The van der Waals surface area contributed by atoms with Crippen LogP contribution in [0.3, 0.4) is 0 Å². The number of rotatable bonds is 4. The van der Waals surface area contributed by atoms with Crippen LogP contribution in [-0.2, 0) is 6.54 Å². The number of hydrogen-bond acceptors (Lipinski definition) is 6. The lowest BCUT2D eigenvalue weighted by molar-refractivity contribution is 0.102. The summed E-state index contributed by atoms with van der Waals surface area (Å²) >= 11 is 1.68. The molecule has 0 radical (unpaired) electrons. The third-order valence-corrected chi connectivity index (χ3v) is 4.92. The van der Waals surface area contributed by atoms with E-state index >= 15 is 0 Å². The Balaban J connectivity index is 1.71. The smallest absolute Gasteiger partial charge is 0.146 e. The standard InChI is InChI=1S/C15H23N5S/c1-11(2)20-7-5-19(6-8-20)10-13-17-14(16-3)12-4-9-21-15(12)18-13/h4,9,11H,5-8,10H2,1-3H3,(H,16,17,18). The third kappa shape index (κ3) is 3.17. The molecule has 0 atom stereocenters. The van der Waals surface area contributed by atoms with Crippen LogP contribution in [0.1, 0.15) is 19.7 Å². The van der Waals surface area contributed by atoms with E-state index in [9.17, 15) is 0 Å². The first-order valence-electron chi connectivity index (χ1n) is 7.55. The average Bonchev–Trinajstić information content (AvgIpc) is 2.95. The third-order valence-electron chi connectivity index (χ3n) is 4.11. The van der Waals surface area contributed by atoms with E-state index in [4.69, 9.17) is 4.98 Å². The molecule has 2 aromatic rings. The van der Waals surface area contributed by atoms with Gasteiger partial charge in [-0.05, 0) is 25.3 Å². The molecule has 1 aliphatic rings. The normalized spacial score (nSPS) is 17.7. The van der Waals surface area contributed by atoms with Crippen molar-refractivity contribution in [1.29, 1.82) is 0 Å². The van der Waals surface area contributed by atoms with Gasteiger partial charge in [0.25, 0.3) is 0 Å². The minimum atomic E-state index is 0.641. The maximum absolute atomic E-state index is 4.70. The molecule has 0 bridgehead atoms. The molecule has 3 rings (SSSR count). The number of anilines is 1. The van der Waals surface area contributed by atoms with Gasteiger partial charge in [0.05, 0.1) is 11.9 Å². The van der Waals surface area contributed by atoms with Crippen molar-refractivity contribution >= 4 is 27.4 Å². The second kappa shape index (κ2) is 6.25. The van der Waals surface area contributed by atoms with Gasteiger partial charge in [0, 0.05) is 39.3 Å². The van der Waals surface area contributed by atoms with Gasteiger partial charge in [0.2, 0.25) is 0 Å². The van der Waals surface area contributed by atoms with E-state index in [1.807, 2.05) is 7.05 Å².